The first-order valence-corrected chi connectivity index (χ1v) is 7.94. The van der Waals surface area contributed by atoms with Crippen molar-refractivity contribution in [1.82, 2.24) is 0 Å². The van der Waals surface area contributed by atoms with Crippen LogP contribution < -0.4 is 0 Å². The number of carbonyl (C=O) groups is 1. The highest BCUT2D eigenvalue weighted by atomic mass is 16.1. The van der Waals surface area contributed by atoms with Crippen LogP contribution in [0, 0.1) is 11.3 Å². The van der Waals surface area contributed by atoms with E-state index in [1.54, 1.807) is 0 Å². The standard InChI is InChI=1S/C19H30O/c1-6-7-8-16-9-11-17(12-10-16)18(20)13-15(2)14-19(3,4)5/h9-12,15H,6-8,13-14H2,1-5H3. The minimum absolute atomic E-state index is 0.281. The molecule has 1 nitrogen and oxygen atoms in total. The molecule has 1 atom stereocenters. The summed E-state index contributed by atoms with van der Waals surface area (Å²) in [5.74, 6) is 0.728. The van der Waals surface area contributed by atoms with Gasteiger partial charge >= 0.3 is 0 Å². The van der Waals surface area contributed by atoms with E-state index in [9.17, 15) is 4.79 Å². The maximum Gasteiger partial charge on any atom is 0.163 e. The largest absolute Gasteiger partial charge is 0.294 e. The van der Waals surface area contributed by atoms with Gasteiger partial charge in [-0.1, -0.05) is 65.3 Å². The Kier molecular flexibility index (Phi) is 6.45. The summed E-state index contributed by atoms with van der Waals surface area (Å²) in [6.07, 6.45) is 5.30. The maximum absolute atomic E-state index is 12.3. The Morgan fingerprint density at radius 1 is 1.15 bits per heavy atom. The van der Waals surface area contributed by atoms with Crippen molar-refractivity contribution >= 4 is 5.78 Å². The molecule has 0 fully saturated rings. The summed E-state index contributed by atoms with van der Waals surface area (Å²) in [5, 5.41) is 0. The fourth-order valence-electron chi connectivity index (χ4n) is 2.79. The van der Waals surface area contributed by atoms with Crippen molar-refractivity contribution in [2.24, 2.45) is 11.3 Å². The van der Waals surface area contributed by atoms with Gasteiger partial charge in [0.15, 0.2) is 5.78 Å². The molecule has 1 heteroatoms. The number of hydrogen-bond acceptors (Lipinski definition) is 1. The van der Waals surface area contributed by atoms with Gasteiger partial charge in [-0.2, -0.15) is 0 Å². The number of rotatable bonds is 7. The first-order valence-electron chi connectivity index (χ1n) is 7.94. The van der Waals surface area contributed by atoms with Crippen LogP contribution in [0.4, 0.5) is 0 Å². The molecule has 0 bridgehead atoms. The summed E-state index contributed by atoms with van der Waals surface area (Å²) < 4.78 is 0. The Hall–Kier alpha value is -1.11. The van der Waals surface area contributed by atoms with Crippen molar-refractivity contribution in [2.45, 2.75) is 66.7 Å². The second kappa shape index (κ2) is 7.61. The zero-order valence-electron chi connectivity index (χ0n) is 13.8. The third-order valence-electron chi connectivity index (χ3n) is 3.59. The average molecular weight is 274 g/mol. The van der Waals surface area contributed by atoms with Crippen LogP contribution in [-0.4, -0.2) is 5.78 Å². The van der Waals surface area contributed by atoms with Crippen LogP contribution in [0.1, 0.15) is 76.2 Å². The molecule has 1 rings (SSSR count). The highest BCUT2D eigenvalue weighted by molar-refractivity contribution is 5.96. The molecule has 0 aliphatic carbocycles. The fourth-order valence-corrected chi connectivity index (χ4v) is 2.79. The molecule has 1 unspecified atom stereocenters. The van der Waals surface area contributed by atoms with Gasteiger partial charge in [0, 0.05) is 12.0 Å². The van der Waals surface area contributed by atoms with E-state index in [4.69, 9.17) is 0 Å². The molecule has 0 radical (unpaired) electrons. The molecule has 0 amide bonds. The van der Waals surface area contributed by atoms with Crippen LogP contribution in [0.5, 0.6) is 0 Å². The van der Waals surface area contributed by atoms with Crippen molar-refractivity contribution in [3.63, 3.8) is 0 Å². The lowest BCUT2D eigenvalue weighted by Crippen LogP contribution is -2.14. The molecule has 0 aromatic heterocycles. The first-order chi connectivity index (χ1) is 9.31. The van der Waals surface area contributed by atoms with E-state index >= 15 is 0 Å². The second-order valence-electron chi connectivity index (χ2n) is 7.30. The summed E-state index contributed by atoms with van der Waals surface area (Å²) in [6, 6.07) is 8.21. The topological polar surface area (TPSA) is 17.1 Å². The molecule has 0 aliphatic heterocycles. The lowest BCUT2D eigenvalue weighted by Gasteiger charge is -2.22. The predicted octanol–water partition coefficient (Wildman–Crippen LogP) is 5.67. The van der Waals surface area contributed by atoms with Crippen LogP contribution >= 0.6 is 0 Å². The zero-order chi connectivity index (χ0) is 15.2. The van der Waals surface area contributed by atoms with Gasteiger partial charge in [-0.25, -0.2) is 0 Å². The quantitative estimate of drug-likeness (QED) is 0.585. The minimum atomic E-state index is 0.281. The molecule has 0 aliphatic rings. The molecular formula is C19H30O. The highest BCUT2D eigenvalue weighted by Gasteiger charge is 2.18. The van der Waals surface area contributed by atoms with Gasteiger partial charge in [0.1, 0.15) is 0 Å². The van der Waals surface area contributed by atoms with Crippen molar-refractivity contribution in [3.05, 3.63) is 35.4 Å². The van der Waals surface area contributed by atoms with Crippen LogP contribution in [0.25, 0.3) is 0 Å². The van der Waals surface area contributed by atoms with Crippen LogP contribution in [0.2, 0.25) is 0 Å². The molecule has 0 saturated carbocycles. The Labute approximate surface area is 124 Å². The van der Waals surface area contributed by atoms with E-state index in [1.807, 2.05) is 12.1 Å². The van der Waals surface area contributed by atoms with Gasteiger partial charge in [-0.3, -0.25) is 4.79 Å². The summed E-state index contributed by atoms with van der Waals surface area (Å²) in [4.78, 5) is 12.3. The van der Waals surface area contributed by atoms with E-state index in [0.717, 1.165) is 18.4 Å². The van der Waals surface area contributed by atoms with Crippen molar-refractivity contribution in [1.29, 1.82) is 0 Å². The molecule has 112 valence electrons. The maximum atomic E-state index is 12.3. The molecule has 0 saturated heterocycles. The SMILES string of the molecule is CCCCc1ccc(C(=O)CC(C)CC(C)(C)C)cc1. The molecular weight excluding hydrogens is 244 g/mol. The third-order valence-corrected chi connectivity index (χ3v) is 3.59. The molecule has 1 aromatic carbocycles. The first kappa shape index (κ1) is 16.9. The second-order valence-corrected chi connectivity index (χ2v) is 7.30. The number of unbranched alkanes of at least 4 members (excludes halogenated alkanes) is 1. The van der Waals surface area contributed by atoms with E-state index in [0.29, 0.717) is 17.8 Å². The molecule has 0 N–H and O–H groups in total. The Balaban J connectivity index is 2.55. The Bertz CT molecular complexity index is 408. The van der Waals surface area contributed by atoms with Crippen LogP contribution in [0.15, 0.2) is 24.3 Å². The number of benzene rings is 1. The molecule has 0 heterocycles. The van der Waals surface area contributed by atoms with Crippen LogP contribution in [0.3, 0.4) is 0 Å². The third kappa shape index (κ3) is 6.36. The lowest BCUT2D eigenvalue weighted by molar-refractivity contribution is 0.0954. The number of Topliss-reactive ketones (excluding diaryl/α,β-unsaturated/α-hetero) is 1. The average Bonchev–Trinajstić information content (AvgIpc) is 2.34. The molecule has 20 heavy (non-hydrogen) atoms. The van der Waals surface area contributed by atoms with Gasteiger partial charge in [-0.05, 0) is 36.2 Å². The molecule has 1 aromatic rings. The number of hydrogen-bond donors (Lipinski definition) is 0. The zero-order valence-corrected chi connectivity index (χ0v) is 13.8. The number of carbonyl (C=O) groups excluding carboxylic acids is 1. The van der Waals surface area contributed by atoms with E-state index < -0.39 is 0 Å². The van der Waals surface area contributed by atoms with Crippen LogP contribution in [-0.2, 0) is 6.42 Å². The van der Waals surface area contributed by atoms with E-state index in [-0.39, 0.29) is 5.78 Å². The Morgan fingerprint density at radius 3 is 2.25 bits per heavy atom. The van der Waals surface area contributed by atoms with Gasteiger partial charge in [0.05, 0.1) is 0 Å². The summed E-state index contributed by atoms with van der Waals surface area (Å²) in [7, 11) is 0. The normalized spacial score (nSPS) is 13.2. The van der Waals surface area contributed by atoms with Gasteiger partial charge in [-0.15, -0.1) is 0 Å². The monoisotopic (exact) mass is 274 g/mol. The number of ketones is 1. The van der Waals surface area contributed by atoms with Gasteiger partial charge in [0.25, 0.3) is 0 Å². The van der Waals surface area contributed by atoms with Gasteiger partial charge in [0.2, 0.25) is 0 Å². The van der Waals surface area contributed by atoms with Crippen molar-refractivity contribution < 1.29 is 4.79 Å². The van der Waals surface area contributed by atoms with E-state index in [1.165, 1.54) is 18.4 Å². The van der Waals surface area contributed by atoms with E-state index in [2.05, 4.69) is 46.8 Å². The smallest absolute Gasteiger partial charge is 0.163 e. The lowest BCUT2D eigenvalue weighted by atomic mass is 9.83. The van der Waals surface area contributed by atoms with Crippen molar-refractivity contribution in [2.75, 3.05) is 0 Å². The Morgan fingerprint density at radius 2 is 1.75 bits per heavy atom. The minimum Gasteiger partial charge on any atom is -0.294 e. The number of aryl methyl sites for hydroxylation is 1. The molecule has 0 spiro atoms. The fraction of sp³-hybridized carbons (Fsp3) is 0.632. The highest BCUT2D eigenvalue weighted by Crippen LogP contribution is 2.26. The van der Waals surface area contributed by atoms with Crippen molar-refractivity contribution in [3.8, 4) is 0 Å². The summed E-state index contributed by atoms with van der Waals surface area (Å²) in [6.45, 7) is 11.1. The van der Waals surface area contributed by atoms with Gasteiger partial charge < -0.3 is 0 Å². The predicted molar refractivity (Wildman–Crippen MR) is 87.2 cm³/mol. The summed E-state index contributed by atoms with van der Waals surface area (Å²) in [5.41, 5.74) is 2.50. The summed E-state index contributed by atoms with van der Waals surface area (Å²) >= 11 is 0.